The van der Waals surface area contributed by atoms with Crippen molar-refractivity contribution in [1.82, 2.24) is 4.90 Å². The molecule has 2 heterocycles. The molecule has 0 aromatic heterocycles. The van der Waals surface area contributed by atoms with Crippen molar-refractivity contribution in [2.75, 3.05) is 43.2 Å². The average Bonchev–Trinajstić information content (AvgIpc) is 3.15. The smallest absolute Gasteiger partial charge is 0.321 e. The van der Waals surface area contributed by atoms with Gasteiger partial charge in [0.25, 0.3) is 0 Å². The molecule has 0 atom stereocenters. The summed E-state index contributed by atoms with van der Waals surface area (Å²) in [6, 6.07) is 14.0. The molecule has 0 aliphatic carbocycles. The molecule has 0 bridgehead atoms. The van der Waals surface area contributed by atoms with Crippen molar-refractivity contribution in [1.29, 1.82) is 0 Å². The van der Waals surface area contributed by atoms with E-state index in [4.69, 9.17) is 9.47 Å². The number of ether oxygens (including phenoxy) is 2. The Kier molecular flexibility index (Phi) is 4.79. The van der Waals surface area contributed by atoms with E-state index in [-0.39, 0.29) is 18.2 Å². The van der Waals surface area contributed by atoms with Gasteiger partial charge in [-0.1, -0.05) is 32.9 Å². The molecular formula is C22H27N3O3. The van der Waals surface area contributed by atoms with Crippen LogP contribution in [0.2, 0.25) is 0 Å². The zero-order valence-corrected chi connectivity index (χ0v) is 16.7. The lowest BCUT2D eigenvalue weighted by Crippen LogP contribution is -2.50. The molecule has 1 saturated heterocycles. The number of nitrogens with one attached hydrogen (secondary N) is 1. The van der Waals surface area contributed by atoms with E-state index in [0.717, 1.165) is 36.0 Å². The van der Waals surface area contributed by atoms with Gasteiger partial charge < -0.3 is 24.6 Å². The number of benzene rings is 2. The average molecular weight is 381 g/mol. The lowest BCUT2D eigenvalue weighted by atomic mass is 9.87. The molecule has 1 fully saturated rings. The Hall–Kier alpha value is -2.89. The number of hydrogen-bond acceptors (Lipinski definition) is 4. The molecule has 0 spiro atoms. The Labute approximate surface area is 166 Å². The first-order chi connectivity index (χ1) is 13.4. The van der Waals surface area contributed by atoms with Crippen molar-refractivity contribution in [3.05, 3.63) is 48.0 Å². The molecular weight excluding hydrogens is 354 g/mol. The summed E-state index contributed by atoms with van der Waals surface area (Å²) in [5.41, 5.74) is 3.29. The topological polar surface area (TPSA) is 54.0 Å². The van der Waals surface area contributed by atoms with Gasteiger partial charge in [0.1, 0.15) is 0 Å². The summed E-state index contributed by atoms with van der Waals surface area (Å²) in [5.74, 6) is 1.58. The van der Waals surface area contributed by atoms with E-state index < -0.39 is 0 Å². The molecule has 0 saturated carbocycles. The van der Waals surface area contributed by atoms with Crippen LogP contribution in [0.15, 0.2) is 42.5 Å². The summed E-state index contributed by atoms with van der Waals surface area (Å²) < 4.78 is 10.8. The second-order valence-corrected chi connectivity index (χ2v) is 8.27. The van der Waals surface area contributed by atoms with Gasteiger partial charge in [0, 0.05) is 43.6 Å². The van der Waals surface area contributed by atoms with Crippen LogP contribution in [0.5, 0.6) is 11.5 Å². The first kappa shape index (κ1) is 18.5. The van der Waals surface area contributed by atoms with Gasteiger partial charge in [0.15, 0.2) is 11.5 Å². The second kappa shape index (κ2) is 7.26. The molecule has 2 aliphatic heterocycles. The highest BCUT2D eigenvalue weighted by molar-refractivity contribution is 5.89. The number of carbonyl (C=O) groups excluding carboxylic acids is 1. The predicted molar refractivity (Wildman–Crippen MR) is 111 cm³/mol. The zero-order valence-electron chi connectivity index (χ0n) is 16.7. The van der Waals surface area contributed by atoms with Crippen LogP contribution < -0.4 is 19.7 Å². The zero-order chi connectivity index (χ0) is 19.7. The fourth-order valence-corrected chi connectivity index (χ4v) is 3.51. The molecule has 148 valence electrons. The van der Waals surface area contributed by atoms with E-state index in [2.05, 4.69) is 43.1 Å². The minimum atomic E-state index is -0.0474. The maximum atomic E-state index is 12.6. The number of anilines is 2. The minimum absolute atomic E-state index is 0.0474. The lowest BCUT2D eigenvalue weighted by molar-refractivity contribution is 0.174. The standard InChI is InChI=1S/C22H27N3O3/c1-22(2,3)16-4-6-17(7-5-16)23-21(26)25-12-10-24(11-13-25)18-8-9-19-20(14-18)28-15-27-19/h4-9,14H,10-13,15H2,1-3H3,(H,23,26). The molecule has 6 nitrogen and oxygen atoms in total. The Morgan fingerprint density at radius 3 is 2.29 bits per heavy atom. The summed E-state index contributed by atoms with van der Waals surface area (Å²) in [4.78, 5) is 16.7. The molecule has 0 radical (unpaired) electrons. The third-order valence-corrected chi connectivity index (χ3v) is 5.29. The summed E-state index contributed by atoms with van der Waals surface area (Å²) in [6.07, 6.45) is 0. The van der Waals surface area contributed by atoms with Gasteiger partial charge in [0.2, 0.25) is 6.79 Å². The van der Waals surface area contributed by atoms with E-state index in [1.54, 1.807) is 0 Å². The van der Waals surface area contributed by atoms with Crippen LogP contribution in [0.1, 0.15) is 26.3 Å². The largest absolute Gasteiger partial charge is 0.454 e. The van der Waals surface area contributed by atoms with Crippen LogP contribution in [-0.4, -0.2) is 43.9 Å². The number of fused-ring (bicyclic) bond motifs is 1. The fraction of sp³-hybridized carbons (Fsp3) is 0.409. The maximum Gasteiger partial charge on any atom is 0.321 e. The Balaban J connectivity index is 1.33. The van der Waals surface area contributed by atoms with Crippen LogP contribution in [0.3, 0.4) is 0 Å². The van der Waals surface area contributed by atoms with Crippen LogP contribution in [0.25, 0.3) is 0 Å². The van der Waals surface area contributed by atoms with Gasteiger partial charge in [-0.3, -0.25) is 0 Å². The van der Waals surface area contributed by atoms with E-state index in [9.17, 15) is 4.79 Å². The normalized spacial score (nSPS) is 16.2. The van der Waals surface area contributed by atoms with Crippen LogP contribution in [0, 0.1) is 0 Å². The highest BCUT2D eigenvalue weighted by Crippen LogP contribution is 2.35. The quantitative estimate of drug-likeness (QED) is 0.852. The monoisotopic (exact) mass is 381 g/mol. The number of urea groups is 1. The molecule has 28 heavy (non-hydrogen) atoms. The van der Waals surface area contributed by atoms with Crippen molar-refractivity contribution in [3.8, 4) is 11.5 Å². The molecule has 2 aromatic carbocycles. The number of nitrogens with zero attached hydrogens (tertiary/aromatic N) is 2. The fourth-order valence-electron chi connectivity index (χ4n) is 3.51. The van der Waals surface area contributed by atoms with E-state index in [1.807, 2.05) is 35.2 Å². The predicted octanol–water partition coefficient (Wildman–Crippen LogP) is 4.07. The highest BCUT2D eigenvalue weighted by Gasteiger charge is 2.23. The van der Waals surface area contributed by atoms with Gasteiger partial charge in [0.05, 0.1) is 0 Å². The van der Waals surface area contributed by atoms with Crippen molar-refractivity contribution >= 4 is 17.4 Å². The minimum Gasteiger partial charge on any atom is -0.454 e. The highest BCUT2D eigenvalue weighted by atomic mass is 16.7. The summed E-state index contributed by atoms with van der Waals surface area (Å²) >= 11 is 0. The molecule has 0 unspecified atom stereocenters. The Morgan fingerprint density at radius 2 is 1.61 bits per heavy atom. The van der Waals surface area contributed by atoms with E-state index >= 15 is 0 Å². The third-order valence-electron chi connectivity index (χ3n) is 5.29. The van der Waals surface area contributed by atoms with Gasteiger partial charge in [-0.05, 0) is 35.2 Å². The van der Waals surface area contributed by atoms with Crippen LogP contribution in [0.4, 0.5) is 16.2 Å². The first-order valence-corrected chi connectivity index (χ1v) is 9.71. The number of rotatable bonds is 2. The Morgan fingerprint density at radius 1 is 0.929 bits per heavy atom. The second-order valence-electron chi connectivity index (χ2n) is 8.27. The van der Waals surface area contributed by atoms with E-state index in [0.29, 0.717) is 13.1 Å². The molecule has 2 aliphatic rings. The summed E-state index contributed by atoms with van der Waals surface area (Å²) in [6.45, 7) is 9.76. The SMILES string of the molecule is CC(C)(C)c1ccc(NC(=O)N2CCN(c3ccc4c(c3)OCO4)CC2)cc1. The van der Waals surface area contributed by atoms with E-state index in [1.165, 1.54) is 5.56 Å². The maximum absolute atomic E-state index is 12.6. The molecule has 2 aromatic rings. The number of hydrogen-bond donors (Lipinski definition) is 1. The van der Waals surface area contributed by atoms with Crippen molar-refractivity contribution in [2.45, 2.75) is 26.2 Å². The van der Waals surface area contributed by atoms with Gasteiger partial charge in [-0.2, -0.15) is 0 Å². The number of amides is 2. The lowest BCUT2D eigenvalue weighted by Gasteiger charge is -2.36. The van der Waals surface area contributed by atoms with Crippen LogP contribution >= 0.6 is 0 Å². The summed E-state index contributed by atoms with van der Waals surface area (Å²) in [7, 11) is 0. The van der Waals surface area contributed by atoms with Gasteiger partial charge in [-0.25, -0.2) is 4.79 Å². The van der Waals surface area contributed by atoms with Crippen LogP contribution in [-0.2, 0) is 5.41 Å². The van der Waals surface area contributed by atoms with Gasteiger partial charge >= 0.3 is 6.03 Å². The van der Waals surface area contributed by atoms with Crippen molar-refractivity contribution in [2.24, 2.45) is 0 Å². The Bertz CT molecular complexity index is 850. The number of carbonyl (C=O) groups is 1. The summed E-state index contributed by atoms with van der Waals surface area (Å²) in [5, 5.41) is 3.01. The van der Waals surface area contributed by atoms with Crippen molar-refractivity contribution < 1.29 is 14.3 Å². The number of piperazine rings is 1. The van der Waals surface area contributed by atoms with Crippen molar-refractivity contribution in [3.63, 3.8) is 0 Å². The molecule has 4 rings (SSSR count). The van der Waals surface area contributed by atoms with Gasteiger partial charge in [-0.15, -0.1) is 0 Å². The third kappa shape index (κ3) is 3.86. The molecule has 6 heteroatoms. The molecule has 1 N–H and O–H groups in total. The first-order valence-electron chi connectivity index (χ1n) is 9.71. The molecule has 2 amide bonds.